The van der Waals surface area contributed by atoms with Crippen molar-refractivity contribution in [2.75, 3.05) is 46.0 Å². The summed E-state index contributed by atoms with van der Waals surface area (Å²) in [5.74, 6) is 0. The fraction of sp³-hybridized carbons (Fsp3) is 1.00. The van der Waals surface area contributed by atoms with Crippen molar-refractivity contribution in [1.29, 1.82) is 0 Å². The van der Waals surface area contributed by atoms with E-state index in [0.717, 1.165) is 0 Å². The monoisotopic (exact) mass is 1740 g/mol. The number of rotatable bonds is 30. The topological polar surface area (TPSA) is 814 Å². The van der Waals surface area contributed by atoms with Gasteiger partial charge in [0.15, 0.2) is 0 Å². The third-order valence-corrected chi connectivity index (χ3v) is 33.2. The summed E-state index contributed by atoms with van der Waals surface area (Å²) in [5.41, 5.74) is -23.8. The average Bonchev–Trinajstić information content (AvgIpc) is 0.776. The molecule has 57 heteroatoms. The summed E-state index contributed by atoms with van der Waals surface area (Å²) in [6.07, 6.45) is 3.23. The van der Waals surface area contributed by atoms with E-state index < -0.39 is 161 Å². The molecule has 0 atom stereocenters. The Labute approximate surface area is 609 Å². The van der Waals surface area contributed by atoms with E-state index in [1.807, 2.05) is 15.2 Å². The van der Waals surface area contributed by atoms with Crippen molar-refractivity contribution in [2.24, 2.45) is 0 Å². The Morgan fingerprint density at radius 2 is 0.438 bits per heavy atom. The van der Waals surface area contributed by atoms with Gasteiger partial charge in [0, 0.05) is 59.4 Å². The van der Waals surface area contributed by atoms with Crippen LogP contribution in [0.25, 0.3) is 0 Å². The summed E-state index contributed by atoms with van der Waals surface area (Å²) in [5, 5.41) is 64.7. The highest BCUT2D eigenvalue weighted by molar-refractivity contribution is 7.73. The number of aliphatic hydroxyl groups is 6. The van der Waals surface area contributed by atoms with Crippen molar-refractivity contribution in [3.8, 4) is 0 Å². The Morgan fingerprint density at radius 3 is 0.552 bits per heavy atom. The van der Waals surface area contributed by atoms with Gasteiger partial charge in [0.05, 0.1) is 54.9 Å². The van der Waals surface area contributed by atoms with Gasteiger partial charge in [0.25, 0.3) is 0 Å². The van der Waals surface area contributed by atoms with Gasteiger partial charge in [0.2, 0.25) is 27.6 Å². The molecule has 0 unspecified atom stereocenters. The molecule has 0 aromatic carbocycles. The Bertz CT molecular complexity index is 2780. The maximum absolute atomic E-state index is 12.3. The second-order valence-electron chi connectivity index (χ2n) is 31.3. The molecule has 3 heterocycles. The van der Waals surface area contributed by atoms with Gasteiger partial charge in [-0.05, 0) is 163 Å². The van der Waals surface area contributed by atoms with Crippen molar-refractivity contribution in [3.63, 3.8) is 0 Å². The van der Waals surface area contributed by atoms with Gasteiger partial charge in [-0.15, -0.1) is 0 Å². The van der Waals surface area contributed by atoms with Crippen LogP contribution in [0, 0.1) is 0 Å². The lowest BCUT2D eigenvalue weighted by Gasteiger charge is -2.53. The fourth-order valence-corrected chi connectivity index (χ4v) is 27.9. The van der Waals surface area contributed by atoms with Crippen molar-refractivity contribution >= 4 is 76.0 Å². The third kappa shape index (κ3) is 36.3. The molecule has 0 amide bonds. The van der Waals surface area contributed by atoms with Crippen LogP contribution >= 0.6 is 76.0 Å². The number of hydrogen-bond acceptors (Lipinski definition) is 27. The summed E-state index contributed by atoms with van der Waals surface area (Å²) >= 11 is 0. The maximum atomic E-state index is 12.3. The van der Waals surface area contributed by atoms with E-state index in [0.29, 0.717) is 38.5 Å². The quantitative estimate of drug-likeness (QED) is 0.0436. The van der Waals surface area contributed by atoms with Gasteiger partial charge in [-0.2, -0.15) is 15.2 Å². The zero-order valence-electron chi connectivity index (χ0n) is 61.8. The van der Waals surface area contributed by atoms with Crippen LogP contribution in [0.5, 0.6) is 0 Å². The lowest BCUT2D eigenvalue weighted by molar-refractivity contribution is -0.306. The molecule has 0 spiro atoms. The lowest BCUT2D eigenvalue weighted by atomic mass is 9.80. The first-order valence-corrected chi connectivity index (χ1v) is 47.6. The molecule has 0 aliphatic carbocycles. The SMILES string of the molecule is CC(C)(O)CON1C(C)(C)CC(O)CC1(C)C.CC(C)(O)CON1C(C)(C)CC(O)CC1(C)C.CC(C)(O)CON1C(C)(C)CC(O)CC1(C)C.N.N.O=P(O)(O)C(N(CCN(C(P(=O)(O)O)P(=O)(O)O)C(P(=O)(O)O)P(=O)(O)O)CCN(C(P(=O)(O)O)P(=O)(O)O)C(P(=O)(O)O)P(=O)(O)O)P(=O)(O)O. The van der Waals surface area contributed by atoms with E-state index in [-0.39, 0.29) is 83.7 Å². The molecule has 3 saturated heterocycles. The van der Waals surface area contributed by atoms with Crippen molar-refractivity contribution in [1.82, 2.24) is 42.2 Å². The molecule has 32 N–H and O–H groups in total. The number of hydrogen-bond donors (Lipinski definition) is 28. The average molecular weight is 1740 g/mol. The normalized spacial score (nSPS) is 20.5. The van der Waals surface area contributed by atoms with Gasteiger partial charge < -0.3 is 141 Å². The molecule has 0 saturated carbocycles. The largest absolute Gasteiger partial charge is 0.393 e. The standard InChI is InChI=1S/3C13H27NO3.C9H33N3O30P10.2H3N/c3*1-11(2)7-10(15)8-12(3,4)14(11)17-9-13(5,6)16;13-43(14,15)5(44(16,17)18)10(1-3-11(6(45(19,20)21)46(22,23)24)7(47(25,26)27)48(28,29)30)2-4-12(8(49(31,32)33)50(34,35)36)9(51(37,38)39)52(40,41)42;;/h3*10,15-16H,7-9H2,1-6H3;5-9H,1-4H2,(H2,13,14,15)(H2,16,17,18)(H2,19,20,21)(H2,22,23,24)(H2,25,26,27)(H2,28,29,30)(H2,31,32,33)(H2,34,35,36)(H2,37,38,39)(H2,40,41,42);2*1H3. The van der Waals surface area contributed by atoms with Crippen molar-refractivity contribution in [3.05, 3.63) is 0 Å². The van der Waals surface area contributed by atoms with E-state index >= 15 is 0 Å². The molecule has 0 radical (unpaired) electrons. The minimum atomic E-state index is -6.63. The minimum absolute atomic E-state index is 0. The van der Waals surface area contributed by atoms with Crippen LogP contribution in [0.2, 0.25) is 0 Å². The zero-order chi connectivity index (χ0) is 82.9. The van der Waals surface area contributed by atoms with E-state index in [2.05, 4.69) is 83.1 Å². The first-order valence-electron chi connectivity index (χ1n) is 30.8. The van der Waals surface area contributed by atoms with Crippen molar-refractivity contribution < 1.29 is 189 Å². The summed E-state index contributed by atoms with van der Waals surface area (Å²) in [4.78, 5) is 207. The molecule has 3 aliphatic rings. The third-order valence-electron chi connectivity index (χ3n) is 15.2. The molecule has 105 heavy (non-hydrogen) atoms. The summed E-state index contributed by atoms with van der Waals surface area (Å²) < 4.78 is 121. The molecular weight excluding hydrogens is 1620 g/mol. The van der Waals surface area contributed by atoms with Gasteiger partial charge in [0.1, 0.15) is 0 Å². The zero-order valence-corrected chi connectivity index (χ0v) is 70.8. The second-order valence-corrected chi connectivity index (χ2v) is 50.0. The van der Waals surface area contributed by atoms with E-state index in [1.165, 1.54) is 0 Å². The number of hydroxylamine groups is 6. The molecule has 0 bridgehead atoms. The molecule has 3 fully saturated rings. The van der Waals surface area contributed by atoms with E-state index in [1.54, 1.807) is 41.5 Å². The van der Waals surface area contributed by atoms with Crippen LogP contribution in [0.15, 0.2) is 0 Å². The molecule has 0 aromatic rings. The summed E-state index contributed by atoms with van der Waals surface area (Å²) in [7, 11) is -66.1. The highest BCUT2D eigenvalue weighted by Crippen LogP contribution is 2.71. The van der Waals surface area contributed by atoms with Crippen LogP contribution in [-0.4, -0.2) is 300 Å². The number of aliphatic hydroxyl groups excluding tert-OH is 3. The first kappa shape index (κ1) is 110. The smallest absolute Gasteiger partial charge is 0.355 e. The van der Waals surface area contributed by atoms with Gasteiger partial charge >= 0.3 is 76.0 Å². The Morgan fingerprint density at radius 1 is 0.305 bits per heavy atom. The molecule has 0 aromatic heterocycles. The summed E-state index contributed by atoms with van der Waals surface area (Å²) in [6, 6.07) is 0. The van der Waals surface area contributed by atoms with E-state index in [4.69, 9.17) is 14.5 Å². The molecule has 47 nitrogen and oxygen atoms in total. The summed E-state index contributed by atoms with van der Waals surface area (Å²) in [6.45, 7) is 27.3. The molecular formula is C48H120N8O39P10. The van der Waals surface area contributed by atoms with Crippen LogP contribution < -0.4 is 12.3 Å². The fourth-order valence-electron chi connectivity index (χ4n) is 12.8. The first-order chi connectivity index (χ1) is 44.5. The van der Waals surface area contributed by atoms with Crippen LogP contribution in [0.4, 0.5) is 0 Å². The minimum Gasteiger partial charge on any atom is -0.393 e. The van der Waals surface area contributed by atoms with E-state index in [9.17, 15) is 174 Å². The number of nitrogens with zero attached hydrogens (tertiary/aromatic N) is 6. The molecule has 3 rings (SSSR count). The lowest BCUT2D eigenvalue weighted by Crippen LogP contribution is -2.62. The van der Waals surface area contributed by atoms with Crippen LogP contribution in [0.1, 0.15) is 163 Å². The Balaban J connectivity index is -0.00000157. The van der Waals surface area contributed by atoms with Crippen molar-refractivity contribution in [2.45, 2.75) is 259 Å². The highest BCUT2D eigenvalue weighted by atomic mass is 31.3. The van der Waals surface area contributed by atoms with Crippen LogP contribution in [-0.2, 0) is 60.2 Å². The predicted molar refractivity (Wildman–Crippen MR) is 377 cm³/mol. The van der Waals surface area contributed by atoms with Crippen LogP contribution in [0.3, 0.4) is 0 Å². The maximum Gasteiger partial charge on any atom is 0.355 e. The number of piperidine rings is 3. The van der Waals surface area contributed by atoms with Gasteiger partial charge in [-0.1, -0.05) is 0 Å². The highest BCUT2D eigenvalue weighted by Gasteiger charge is 2.62. The Hall–Kier alpha value is 0.820. The van der Waals surface area contributed by atoms with Gasteiger partial charge in [-0.3, -0.25) is 74.9 Å². The predicted octanol–water partition coefficient (Wildman–Crippen LogP) is 0.520. The molecule has 3 aliphatic heterocycles. The Kier molecular flexibility index (Phi) is 39.6. The second kappa shape index (κ2) is 37.8. The van der Waals surface area contributed by atoms with Gasteiger partial charge in [-0.25, -0.2) is 0 Å². The molecule has 636 valence electrons.